The van der Waals surface area contributed by atoms with Gasteiger partial charge in [0.15, 0.2) is 9.84 Å². The number of carbonyl (C=O) groups is 1. The molecule has 0 radical (unpaired) electrons. The monoisotopic (exact) mass is 357 g/mol. The Labute approximate surface area is 144 Å². The molecule has 0 saturated carbocycles. The van der Waals surface area contributed by atoms with Gasteiger partial charge in [0.1, 0.15) is 0 Å². The Kier molecular flexibility index (Phi) is 4.13. The van der Waals surface area contributed by atoms with Crippen molar-refractivity contribution < 1.29 is 18.3 Å². The molecule has 3 rings (SSSR count). The first-order chi connectivity index (χ1) is 11.8. The molecule has 0 fully saturated rings. The number of rotatable bonds is 4. The number of benzene rings is 1. The highest BCUT2D eigenvalue weighted by molar-refractivity contribution is 7.90. The van der Waals surface area contributed by atoms with E-state index >= 15 is 0 Å². The van der Waals surface area contributed by atoms with E-state index in [1.165, 1.54) is 12.1 Å². The van der Waals surface area contributed by atoms with Crippen LogP contribution in [0.25, 0.3) is 16.8 Å². The van der Waals surface area contributed by atoms with Crippen LogP contribution in [-0.2, 0) is 9.84 Å². The third-order valence-corrected chi connectivity index (χ3v) is 4.94. The number of hydrogen-bond acceptors (Lipinski definition) is 5. The predicted octanol–water partition coefficient (Wildman–Crippen LogP) is 2.34. The van der Waals surface area contributed by atoms with Crippen LogP contribution in [0.3, 0.4) is 0 Å². The standard InChI is InChI=1S/C17H15N3O4S/c1-11-15(7-14(25(2,23)24)8-16(11)17(21)22)12-6-13(10-18-9-12)20-5-3-4-19-20/h3-10H,1-2H3,(H,21,22). The maximum absolute atomic E-state index is 11.9. The van der Waals surface area contributed by atoms with Gasteiger partial charge in [-0.05, 0) is 42.3 Å². The lowest BCUT2D eigenvalue weighted by Gasteiger charge is -2.12. The van der Waals surface area contributed by atoms with Gasteiger partial charge in [0.2, 0.25) is 0 Å². The molecule has 0 bridgehead atoms. The topological polar surface area (TPSA) is 102 Å². The van der Waals surface area contributed by atoms with Crippen LogP contribution in [0.4, 0.5) is 0 Å². The molecule has 2 aromatic heterocycles. The number of carboxylic acids is 1. The highest BCUT2D eigenvalue weighted by atomic mass is 32.2. The molecule has 0 unspecified atom stereocenters. The van der Waals surface area contributed by atoms with Gasteiger partial charge in [0, 0.05) is 30.4 Å². The molecule has 8 heteroatoms. The third-order valence-electron chi connectivity index (χ3n) is 3.84. The molecule has 2 heterocycles. The number of pyridine rings is 1. The highest BCUT2D eigenvalue weighted by Gasteiger charge is 2.19. The van der Waals surface area contributed by atoms with Crippen LogP contribution in [0.15, 0.2) is 53.9 Å². The van der Waals surface area contributed by atoms with Crippen LogP contribution in [-0.4, -0.2) is 40.5 Å². The summed E-state index contributed by atoms with van der Waals surface area (Å²) in [7, 11) is -3.56. The molecule has 25 heavy (non-hydrogen) atoms. The van der Waals surface area contributed by atoms with E-state index in [1.54, 1.807) is 48.5 Å². The number of aromatic carboxylic acids is 1. The number of carboxylic acid groups (broad SMARTS) is 1. The van der Waals surface area contributed by atoms with Crippen LogP contribution in [0.1, 0.15) is 15.9 Å². The number of nitrogens with zero attached hydrogens (tertiary/aromatic N) is 3. The van der Waals surface area contributed by atoms with Gasteiger partial charge in [0.05, 0.1) is 22.3 Å². The third kappa shape index (κ3) is 3.29. The van der Waals surface area contributed by atoms with Crippen LogP contribution in [0.5, 0.6) is 0 Å². The van der Waals surface area contributed by atoms with Crippen LogP contribution >= 0.6 is 0 Å². The van der Waals surface area contributed by atoms with Crippen molar-refractivity contribution in [1.82, 2.24) is 14.8 Å². The predicted molar refractivity (Wildman–Crippen MR) is 91.6 cm³/mol. The zero-order valence-corrected chi connectivity index (χ0v) is 14.4. The summed E-state index contributed by atoms with van der Waals surface area (Å²) in [5.74, 6) is -1.18. The van der Waals surface area contributed by atoms with Gasteiger partial charge in [-0.3, -0.25) is 4.98 Å². The van der Waals surface area contributed by atoms with Gasteiger partial charge in [-0.1, -0.05) is 0 Å². The van der Waals surface area contributed by atoms with Gasteiger partial charge < -0.3 is 5.11 Å². The Hall–Kier alpha value is -3.00. The van der Waals surface area contributed by atoms with Crippen molar-refractivity contribution in [3.63, 3.8) is 0 Å². The van der Waals surface area contributed by atoms with Crippen molar-refractivity contribution in [1.29, 1.82) is 0 Å². The van der Waals surface area contributed by atoms with E-state index in [2.05, 4.69) is 10.1 Å². The van der Waals surface area contributed by atoms with Gasteiger partial charge in [-0.2, -0.15) is 5.10 Å². The van der Waals surface area contributed by atoms with Crippen molar-refractivity contribution >= 4 is 15.8 Å². The van der Waals surface area contributed by atoms with E-state index in [1.807, 2.05) is 0 Å². The van der Waals surface area contributed by atoms with E-state index < -0.39 is 15.8 Å². The Morgan fingerprint density at radius 3 is 2.56 bits per heavy atom. The van der Waals surface area contributed by atoms with E-state index in [0.717, 1.165) is 6.26 Å². The normalized spacial score (nSPS) is 11.4. The zero-order valence-electron chi connectivity index (χ0n) is 13.5. The largest absolute Gasteiger partial charge is 0.478 e. The molecule has 3 aromatic rings. The Morgan fingerprint density at radius 1 is 1.20 bits per heavy atom. The van der Waals surface area contributed by atoms with Gasteiger partial charge in [-0.15, -0.1) is 0 Å². The second kappa shape index (κ2) is 6.14. The Balaban J connectivity index is 2.25. The SMILES string of the molecule is Cc1c(C(=O)O)cc(S(C)(=O)=O)cc1-c1cncc(-n2cccn2)c1. The smallest absolute Gasteiger partial charge is 0.336 e. The summed E-state index contributed by atoms with van der Waals surface area (Å²) in [6, 6.07) is 6.20. The van der Waals surface area contributed by atoms with Crippen molar-refractivity contribution in [2.24, 2.45) is 0 Å². The summed E-state index contributed by atoms with van der Waals surface area (Å²) >= 11 is 0. The first-order valence-corrected chi connectivity index (χ1v) is 9.20. The fraction of sp³-hybridized carbons (Fsp3) is 0.118. The van der Waals surface area contributed by atoms with Crippen molar-refractivity contribution in [3.8, 4) is 16.8 Å². The molecule has 0 atom stereocenters. The molecule has 0 aliphatic carbocycles. The summed E-state index contributed by atoms with van der Waals surface area (Å²) in [5, 5.41) is 13.5. The number of sulfone groups is 1. The van der Waals surface area contributed by atoms with E-state index in [0.29, 0.717) is 22.4 Å². The van der Waals surface area contributed by atoms with E-state index in [4.69, 9.17) is 0 Å². The second-order valence-corrected chi connectivity index (χ2v) is 7.62. The molecule has 0 spiro atoms. The molecule has 0 saturated heterocycles. The summed E-state index contributed by atoms with van der Waals surface area (Å²) in [4.78, 5) is 15.6. The van der Waals surface area contributed by atoms with E-state index in [-0.39, 0.29) is 10.5 Å². The molecule has 1 aromatic carbocycles. The lowest BCUT2D eigenvalue weighted by atomic mass is 9.97. The minimum Gasteiger partial charge on any atom is -0.478 e. The molecular weight excluding hydrogens is 342 g/mol. The summed E-state index contributed by atoms with van der Waals surface area (Å²) in [5.41, 5.74) is 2.21. The highest BCUT2D eigenvalue weighted by Crippen LogP contribution is 2.30. The van der Waals surface area contributed by atoms with Crippen LogP contribution < -0.4 is 0 Å². The summed E-state index contributed by atoms with van der Waals surface area (Å²) in [6.07, 6.45) is 7.61. The van der Waals surface area contributed by atoms with Gasteiger partial charge in [0.25, 0.3) is 0 Å². The number of hydrogen-bond donors (Lipinski definition) is 1. The first kappa shape index (κ1) is 16.8. The average molecular weight is 357 g/mol. The fourth-order valence-electron chi connectivity index (χ4n) is 2.55. The maximum Gasteiger partial charge on any atom is 0.336 e. The summed E-state index contributed by atoms with van der Waals surface area (Å²) in [6.45, 7) is 1.64. The van der Waals surface area contributed by atoms with Gasteiger partial charge >= 0.3 is 5.97 Å². The van der Waals surface area contributed by atoms with Crippen LogP contribution in [0.2, 0.25) is 0 Å². The summed E-state index contributed by atoms with van der Waals surface area (Å²) < 4.78 is 25.5. The molecule has 0 amide bonds. The van der Waals surface area contributed by atoms with Gasteiger partial charge in [-0.25, -0.2) is 17.9 Å². The maximum atomic E-state index is 11.9. The molecule has 0 aliphatic heterocycles. The first-order valence-electron chi connectivity index (χ1n) is 7.31. The Morgan fingerprint density at radius 2 is 1.96 bits per heavy atom. The lowest BCUT2D eigenvalue weighted by molar-refractivity contribution is 0.0696. The minimum absolute atomic E-state index is 0.0463. The minimum atomic E-state index is -3.56. The molecule has 128 valence electrons. The average Bonchev–Trinajstić information content (AvgIpc) is 3.08. The fourth-order valence-corrected chi connectivity index (χ4v) is 3.21. The van der Waals surface area contributed by atoms with E-state index in [9.17, 15) is 18.3 Å². The lowest BCUT2D eigenvalue weighted by Crippen LogP contribution is -2.06. The molecular formula is C17H15N3O4S. The zero-order chi connectivity index (χ0) is 18.2. The van der Waals surface area contributed by atoms with Crippen molar-refractivity contribution in [2.45, 2.75) is 11.8 Å². The molecule has 0 aliphatic rings. The van der Waals surface area contributed by atoms with Crippen molar-refractivity contribution in [2.75, 3.05) is 6.26 Å². The molecule has 7 nitrogen and oxygen atoms in total. The quantitative estimate of drug-likeness (QED) is 0.769. The van der Waals surface area contributed by atoms with Crippen molar-refractivity contribution in [3.05, 3.63) is 60.2 Å². The van der Waals surface area contributed by atoms with Crippen LogP contribution in [0, 0.1) is 6.92 Å². The number of aromatic nitrogens is 3. The second-order valence-electron chi connectivity index (χ2n) is 5.60. The Bertz CT molecular complexity index is 1060. The molecule has 1 N–H and O–H groups in total.